The number of aliphatic hydroxyl groups is 3. The lowest BCUT2D eigenvalue weighted by molar-refractivity contribution is -0.344. The van der Waals surface area contributed by atoms with Crippen LogP contribution >= 0.6 is 0 Å². The van der Waals surface area contributed by atoms with E-state index in [1.54, 1.807) is 0 Å². The van der Waals surface area contributed by atoms with Crippen LogP contribution in [0.2, 0.25) is 0 Å². The Morgan fingerprint density at radius 2 is 1.42 bits per heavy atom. The van der Waals surface area contributed by atoms with Crippen molar-refractivity contribution in [3.63, 3.8) is 0 Å². The number of methoxy groups -OCH3 is 1. The molecule has 15 nitrogen and oxygen atoms in total. The average molecular weight is 524 g/mol. The number of carbonyl (C=O) groups excluding carboxylic acids is 1. The number of hydrogen-bond acceptors (Lipinski definition) is 13. The van der Waals surface area contributed by atoms with Gasteiger partial charge in [0.05, 0.1) is 19.3 Å². The molecule has 0 aromatic heterocycles. The molecule has 2 heterocycles. The first-order valence-corrected chi connectivity index (χ1v) is 11.0. The fraction of sp³-hybridized carbons (Fsp3) is 0.762. The first-order valence-electron chi connectivity index (χ1n) is 11.0. The largest absolute Gasteiger partial charge is 0.480 e. The highest BCUT2D eigenvalue weighted by atomic mass is 16.7. The summed E-state index contributed by atoms with van der Waals surface area (Å²) in [7, 11) is 1.24. The molecule has 0 saturated carbocycles. The van der Waals surface area contributed by atoms with Gasteiger partial charge in [-0.3, -0.25) is 0 Å². The second-order valence-corrected chi connectivity index (χ2v) is 8.12. The third-order valence-electron chi connectivity index (χ3n) is 5.54. The summed E-state index contributed by atoms with van der Waals surface area (Å²) in [6, 6.07) is 0. The van der Waals surface area contributed by atoms with Crippen LogP contribution < -0.4 is 0 Å². The molecule has 10 unspecified atom stereocenters. The molecule has 206 valence electrons. The maximum atomic E-state index is 11.9. The summed E-state index contributed by atoms with van der Waals surface area (Å²) >= 11 is 0. The van der Waals surface area contributed by atoms with Crippen molar-refractivity contribution in [2.75, 3.05) is 33.5 Å². The van der Waals surface area contributed by atoms with E-state index >= 15 is 0 Å². The van der Waals surface area contributed by atoms with E-state index in [0.717, 1.165) is 6.08 Å². The molecule has 0 bridgehead atoms. The Kier molecular flexibility index (Phi) is 11.6. The highest BCUT2D eigenvalue weighted by Gasteiger charge is 2.52. The number of carboxylic acids is 2. The van der Waals surface area contributed by atoms with E-state index in [-0.39, 0.29) is 13.2 Å². The third-order valence-corrected chi connectivity index (χ3v) is 5.54. The van der Waals surface area contributed by atoms with Crippen LogP contribution in [0.3, 0.4) is 0 Å². The molecule has 2 rings (SSSR count). The third kappa shape index (κ3) is 7.89. The van der Waals surface area contributed by atoms with Crippen molar-refractivity contribution < 1.29 is 73.1 Å². The van der Waals surface area contributed by atoms with Gasteiger partial charge in [0.25, 0.3) is 0 Å². The van der Waals surface area contributed by atoms with E-state index in [2.05, 4.69) is 6.58 Å². The van der Waals surface area contributed by atoms with Gasteiger partial charge in [-0.05, 0) is 6.92 Å². The number of carbonyl (C=O) groups is 3. The van der Waals surface area contributed by atoms with Crippen molar-refractivity contribution in [2.45, 2.75) is 68.1 Å². The molecule has 2 aliphatic rings. The van der Waals surface area contributed by atoms with E-state index in [1.807, 2.05) is 0 Å². The van der Waals surface area contributed by atoms with Crippen LogP contribution in [0, 0.1) is 0 Å². The number of hydrogen-bond donors (Lipinski definition) is 5. The smallest absolute Gasteiger partial charge is 0.330 e. The highest BCUT2D eigenvalue weighted by molar-refractivity contribution is 5.81. The molecule has 0 amide bonds. The van der Waals surface area contributed by atoms with Gasteiger partial charge in [-0.15, -0.1) is 0 Å². The van der Waals surface area contributed by atoms with Gasteiger partial charge in [0, 0.05) is 13.2 Å². The quantitative estimate of drug-likeness (QED) is 0.122. The van der Waals surface area contributed by atoms with Crippen molar-refractivity contribution in [1.82, 2.24) is 0 Å². The van der Waals surface area contributed by atoms with Crippen molar-refractivity contribution in [3.8, 4) is 0 Å². The molecule has 2 fully saturated rings. The first-order chi connectivity index (χ1) is 17.0. The van der Waals surface area contributed by atoms with Gasteiger partial charge in [0.1, 0.15) is 55.9 Å². The SMILES string of the molecule is C=CC(=O)OC1C(OC2C(COCC(=O)O)OC(C)C(O)C2O)OC(COCC(=O)O)C(OC)C1O. The summed E-state index contributed by atoms with van der Waals surface area (Å²) in [5.74, 6) is -3.44. The Morgan fingerprint density at radius 1 is 0.861 bits per heavy atom. The number of esters is 1. The Labute approximate surface area is 206 Å². The molecule has 2 aliphatic heterocycles. The summed E-state index contributed by atoms with van der Waals surface area (Å²) in [5.41, 5.74) is 0. The molecule has 36 heavy (non-hydrogen) atoms. The Bertz CT molecular complexity index is 760. The first kappa shape index (κ1) is 30.0. The van der Waals surface area contributed by atoms with E-state index in [4.69, 9.17) is 43.4 Å². The molecule has 15 heteroatoms. The molecule has 0 aromatic carbocycles. The standard InChI is InChI=1S/C21H32O15/c1-4-14(26)35-20-17(29)18(30-3)10(5-31-7-12(22)23)34-21(20)36-19-11(6-32-8-13(24)25)33-9(2)15(27)16(19)28/h4,9-11,15-21,27-29H,1,5-8H2,2-3H3,(H,22,23)(H,24,25). The summed E-state index contributed by atoms with van der Waals surface area (Å²) in [6.45, 7) is 2.70. The van der Waals surface area contributed by atoms with Crippen LogP contribution in [0.25, 0.3) is 0 Å². The topological polar surface area (TPSA) is 217 Å². The predicted molar refractivity (Wildman–Crippen MR) is 114 cm³/mol. The molecule has 10 atom stereocenters. The summed E-state index contributed by atoms with van der Waals surface area (Å²) in [4.78, 5) is 33.5. The molecule has 0 spiro atoms. The van der Waals surface area contributed by atoms with Gasteiger partial charge in [-0.2, -0.15) is 0 Å². The van der Waals surface area contributed by atoms with Crippen molar-refractivity contribution in [2.24, 2.45) is 0 Å². The summed E-state index contributed by atoms with van der Waals surface area (Å²) in [6.07, 6.45) is -12.5. The second-order valence-electron chi connectivity index (χ2n) is 8.12. The Balaban J connectivity index is 2.29. The van der Waals surface area contributed by atoms with Crippen LogP contribution in [0.1, 0.15) is 6.92 Å². The van der Waals surface area contributed by atoms with Crippen LogP contribution in [0.4, 0.5) is 0 Å². The molecule has 0 radical (unpaired) electrons. The van der Waals surface area contributed by atoms with Crippen LogP contribution in [0.15, 0.2) is 12.7 Å². The van der Waals surface area contributed by atoms with E-state index in [0.29, 0.717) is 0 Å². The van der Waals surface area contributed by atoms with Gasteiger partial charge in [-0.25, -0.2) is 14.4 Å². The maximum absolute atomic E-state index is 11.9. The van der Waals surface area contributed by atoms with E-state index in [9.17, 15) is 29.7 Å². The molecule has 2 saturated heterocycles. The number of rotatable bonds is 13. The van der Waals surface area contributed by atoms with E-state index < -0.39 is 92.3 Å². The lowest BCUT2D eigenvalue weighted by Crippen LogP contribution is -2.65. The van der Waals surface area contributed by atoms with Crippen molar-refractivity contribution in [1.29, 1.82) is 0 Å². The highest BCUT2D eigenvalue weighted by Crippen LogP contribution is 2.31. The number of carboxylic acid groups (broad SMARTS) is 2. The van der Waals surface area contributed by atoms with Gasteiger partial charge in [0.15, 0.2) is 12.4 Å². The number of aliphatic carboxylic acids is 2. The predicted octanol–water partition coefficient (Wildman–Crippen LogP) is -2.72. The van der Waals surface area contributed by atoms with Gasteiger partial charge < -0.3 is 58.7 Å². The normalized spacial score (nSPS) is 36.7. The van der Waals surface area contributed by atoms with Crippen LogP contribution in [-0.2, 0) is 47.5 Å². The molecular formula is C21H32O15. The maximum Gasteiger partial charge on any atom is 0.330 e. The van der Waals surface area contributed by atoms with Gasteiger partial charge in [0.2, 0.25) is 0 Å². The zero-order chi connectivity index (χ0) is 27.0. The second kappa shape index (κ2) is 13.9. The Hall–Kier alpha value is -2.21. The van der Waals surface area contributed by atoms with Crippen molar-refractivity contribution >= 4 is 17.9 Å². The lowest BCUT2D eigenvalue weighted by Gasteiger charge is -2.47. The van der Waals surface area contributed by atoms with Crippen LogP contribution in [-0.4, -0.2) is 138 Å². The lowest BCUT2D eigenvalue weighted by atomic mass is 9.94. The number of ether oxygens (including phenoxy) is 7. The monoisotopic (exact) mass is 524 g/mol. The molecule has 5 N–H and O–H groups in total. The van der Waals surface area contributed by atoms with E-state index in [1.165, 1.54) is 14.0 Å². The van der Waals surface area contributed by atoms with Crippen LogP contribution in [0.5, 0.6) is 0 Å². The zero-order valence-electron chi connectivity index (χ0n) is 19.7. The van der Waals surface area contributed by atoms with Gasteiger partial charge >= 0.3 is 17.9 Å². The summed E-state index contributed by atoms with van der Waals surface area (Å²) in [5, 5.41) is 49.5. The summed E-state index contributed by atoms with van der Waals surface area (Å²) < 4.78 is 37.8. The van der Waals surface area contributed by atoms with Gasteiger partial charge in [-0.1, -0.05) is 6.58 Å². The molecule has 0 aliphatic carbocycles. The zero-order valence-corrected chi connectivity index (χ0v) is 19.7. The Morgan fingerprint density at radius 3 is 1.92 bits per heavy atom. The minimum Gasteiger partial charge on any atom is -0.480 e. The fourth-order valence-electron chi connectivity index (χ4n) is 3.84. The number of aliphatic hydroxyl groups excluding tert-OH is 3. The molecular weight excluding hydrogens is 492 g/mol. The van der Waals surface area contributed by atoms with Crippen molar-refractivity contribution in [3.05, 3.63) is 12.7 Å². The molecule has 0 aromatic rings. The fourth-order valence-corrected chi connectivity index (χ4v) is 3.84. The minimum atomic E-state index is -1.60. The minimum absolute atomic E-state index is 0.358. The average Bonchev–Trinajstić information content (AvgIpc) is 2.81.